The number of nitriles is 1. The van der Waals surface area contributed by atoms with Crippen LogP contribution < -0.4 is 0 Å². The average molecular weight is 206 g/mol. The lowest BCUT2D eigenvalue weighted by Gasteiger charge is -2.13. The molecule has 0 atom stereocenters. The first-order chi connectivity index (χ1) is 7.11. The van der Waals surface area contributed by atoms with Crippen molar-refractivity contribution in [1.82, 2.24) is 4.57 Å². The fraction of sp³-hybridized carbons (Fsp3) is 0.583. The summed E-state index contributed by atoms with van der Waals surface area (Å²) in [4.78, 5) is 0. The van der Waals surface area contributed by atoms with Gasteiger partial charge in [0.2, 0.25) is 0 Å². The zero-order valence-corrected chi connectivity index (χ0v) is 9.87. The normalized spacial score (nSPS) is 10.7. The van der Waals surface area contributed by atoms with Crippen LogP contribution in [0.2, 0.25) is 0 Å². The standard InChI is InChI=1S/C12H18N2O/c1-9(2)12-7-11(8-13)10(3)14(12)5-6-15-4/h7,9H,5-6H2,1-4H3. The van der Waals surface area contributed by atoms with Gasteiger partial charge in [0.1, 0.15) is 6.07 Å². The number of hydrogen-bond acceptors (Lipinski definition) is 2. The van der Waals surface area contributed by atoms with Gasteiger partial charge >= 0.3 is 0 Å². The van der Waals surface area contributed by atoms with Crippen LogP contribution in [-0.2, 0) is 11.3 Å². The Balaban J connectivity index is 3.09. The number of methoxy groups -OCH3 is 1. The highest BCUT2D eigenvalue weighted by atomic mass is 16.5. The molecule has 15 heavy (non-hydrogen) atoms. The summed E-state index contributed by atoms with van der Waals surface area (Å²) in [6, 6.07) is 4.21. The Morgan fingerprint density at radius 2 is 2.20 bits per heavy atom. The van der Waals surface area contributed by atoms with Gasteiger partial charge in [-0.1, -0.05) is 13.8 Å². The highest BCUT2D eigenvalue weighted by molar-refractivity contribution is 5.38. The summed E-state index contributed by atoms with van der Waals surface area (Å²) >= 11 is 0. The van der Waals surface area contributed by atoms with Crippen LogP contribution in [0.3, 0.4) is 0 Å². The van der Waals surface area contributed by atoms with Crippen LogP contribution in [0.15, 0.2) is 6.07 Å². The van der Waals surface area contributed by atoms with E-state index in [1.54, 1.807) is 7.11 Å². The lowest BCUT2D eigenvalue weighted by atomic mass is 10.1. The fourth-order valence-corrected chi connectivity index (χ4v) is 1.74. The molecule has 1 aromatic heterocycles. The Morgan fingerprint density at radius 1 is 1.53 bits per heavy atom. The summed E-state index contributed by atoms with van der Waals surface area (Å²) in [5, 5.41) is 8.97. The van der Waals surface area contributed by atoms with Gasteiger partial charge in [-0.3, -0.25) is 0 Å². The predicted molar refractivity (Wildman–Crippen MR) is 59.8 cm³/mol. The lowest BCUT2D eigenvalue weighted by Crippen LogP contribution is -2.10. The second-order valence-electron chi connectivity index (χ2n) is 3.98. The van der Waals surface area contributed by atoms with Crippen molar-refractivity contribution in [3.05, 3.63) is 23.0 Å². The molecule has 1 aromatic rings. The Hall–Kier alpha value is -1.27. The Bertz CT molecular complexity index is 372. The maximum Gasteiger partial charge on any atom is 0.101 e. The van der Waals surface area contributed by atoms with Crippen molar-refractivity contribution in [2.45, 2.75) is 33.2 Å². The van der Waals surface area contributed by atoms with Crippen molar-refractivity contribution in [1.29, 1.82) is 5.26 Å². The highest BCUT2D eigenvalue weighted by Crippen LogP contribution is 2.21. The van der Waals surface area contributed by atoms with E-state index in [-0.39, 0.29) is 0 Å². The monoisotopic (exact) mass is 206 g/mol. The van der Waals surface area contributed by atoms with Gasteiger partial charge in [-0.15, -0.1) is 0 Å². The SMILES string of the molecule is COCCn1c(C(C)C)cc(C#N)c1C. The molecule has 0 unspecified atom stereocenters. The van der Waals surface area contributed by atoms with E-state index < -0.39 is 0 Å². The molecule has 0 aliphatic rings. The molecule has 82 valence electrons. The van der Waals surface area contributed by atoms with Gasteiger partial charge in [0, 0.05) is 25.0 Å². The molecule has 0 amide bonds. The van der Waals surface area contributed by atoms with E-state index in [2.05, 4.69) is 24.5 Å². The summed E-state index contributed by atoms with van der Waals surface area (Å²) < 4.78 is 7.25. The molecule has 1 heterocycles. The van der Waals surface area contributed by atoms with Crippen molar-refractivity contribution in [3.8, 4) is 6.07 Å². The van der Waals surface area contributed by atoms with Crippen molar-refractivity contribution in [2.24, 2.45) is 0 Å². The average Bonchev–Trinajstić information content (AvgIpc) is 2.52. The van der Waals surface area contributed by atoms with Gasteiger partial charge in [0.15, 0.2) is 0 Å². The Morgan fingerprint density at radius 3 is 2.67 bits per heavy atom. The fourth-order valence-electron chi connectivity index (χ4n) is 1.74. The molecule has 0 aromatic carbocycles. The largest absolute Gasteiger partial charge is 0.383 e. The van der Waals surface area contributed by atoms with Gasteiger partial charge in [0.25, 0.3) is 0 Å². The van der Waals surface area contributed by atoms with Crippen LogP contribution in [0.25, 0.3) is 0 Å². The number of ether oxygens (including phenoxy) is 1. The van der Waals surface area contributed by atoms with Gasteiger partial charge < -0.3 is 9.30 Å². The minimum atomic E-state index is 0.433. The molecule has 0 fully saturated rings. The van der Waals surface area contributed by atoms with Crippen molar-refractivity contribution < 1.29 is 4.74 Å². The summed E-state index contributed by atoms with van der Waals surface area (Å²) in [5.41, 5.74) is 3.02. The van der Waals surface area contributed by atoms with E-state index in [0.717, 1.165) is 17.8 Å². The molecule has 0 N–H and O–H groups in total. The zero-order chi connectivity index (χ0) is 11.4. The second kappa shape index (κ2) is 4.99. The molecule has 0 aliphatic heterocycles. The number of rotatable bonds is 4. The molecule has 0 spiro atoms. The first-order valence-corrected chi connectivity index (χ1v) is 5.20. The highest BCUT2D eigenvalue weighted by Gasteiger charge is 2.13. The second-order valence-corrected chi connectivity index (χ2v) is 3.98. The lowest BCUT2D eigenvalue weighted by molar-refractivity contribution is 0.185. The molecular weight excluding hydrogens is 188 g/mol. The van der Waals surface area contributed by atoms with Crippen molar-refractivity contribution >= 4 is 0 Å². The maximum absolute atomic E-state index is 8.97. The minimum Gasteiger partial charge on any atom is -0.383 e. The molecule has 0 saturated carbocycles. The first-order valence-electron chi connectivity index (χ1n) is 5.20. The van der Waals surface area contributed by atoms with Crippen LogP contribution in [0.5, 0.6) is 0 Å². The van der Waals surface area contributed by atoms with Crippen molar-refractivity contribution in [3.63, 3.8) is 0 Å². The smallest absolute Gasteiger partial charge is 0.101 e. The van der Waals surface area contributed by atoms with Crippen LogP contribution in [0, 0.1) is 18.3 Å². The number of hydrogen-bond donors (Lipinski definition) is 0. The third kappa shape index (κ3) is 2.40. The van der Waals surface area contributed by atoms with Crippen LogP contribution >= 0.6 is 0 Å². The Kier molecular flexibility index (Phi) is 3.93. The molecule has 3 heteroatoms. The summed E-state index contributed by atoms with van der Waals surface area (Å²) in [6.07, 6.45) is 0. The third-order valence-electron chi connectivity index (χ3n) is 2.63. The molecule has 0 radical (unpaired) electrons. The van der Waals surface area contributed by atoms with E-state index in [1.807, 2.05) is 13.0 Å². The van der Waals surface area contributed by atoms with Crippen LogP contribution in [0.4, 0.5) is 0 Å². The predicted octanol–water partition coefficient (Wildman–Crippen LogP) is 2.44. The molecule has 0 aliphatic carbocycles. The zero-order valence-electron chi connectivity index (χ0n) is 9.87. The van der Waals surface area contributed by atoms with Crippen molar-refractivity contribution in [2.75, 3.05) is 13.7 Å². The topological polar surface area (TPSA) is 38.0 Å². The van der Waals surface area contributed by atoms with Crippen LogP contribution in [-0.4, -0.2) is 18.3 Å². The van der Waals surface area contributed by atoms with Crippen LogP contribution in [0.1, 0.15) is 36.7 Å². The van der Waals surface area contributed by atoms with Gasteiger partial charge in [-0.05, 0) is 18.9 Å². The molecular formula is C12H18N2O. The first kappa shape index (κ1) is 11.8. The minimum absolute atomic E-state index is 0.433. The van der Waals surface area contributed by atoms with E-state index in [0.29, 0.717) is 12.5 Å². The summed E-state index contributed by atoms with van der Waals surface area (Å²) in [7, 11) is 1.69. The molecule has 1 rings (SSSR count). The van der Waals surface area contributed by atoms with E-state index in [9.17, 15) is 0 Å². The number of nitrogens with zero attached hydrogens (tertiary/aromatic N) is 2. The maximum atomic E-state index is 8.97. The van der Waals surface area contributed by atoms with E-state index in [4.69, 9.17) is 10.00 Å². The number of aromatic nitrogens is 1. The van der Waals surface area contributed by atoms with Gasteiger partial charge in [-0.2, -0.15) is 5.26 Å². The summed E-state index contributed by atoms with van der Waals surface area (Å²) in [5.74, 6) is 0.433. The molecule has 0 saturated heterocycles. The van der Waals surface area contributed by atoms with Gasteiger partial charge in [0.05, 0.1) is 12.2 Å². The Labute approximate surface area is 91.3 Å². The molecule has 3 nitrogen and oxygen atoms in total. The van der Waals surface area contributed by atoms with Gasteiger partial charge in [-0.25, -0.2) is 0 Å². The quantitative estimate of drug-likeness (QED) is 0.758. The van der Waals surface area contributed by atoms with E-state index >= 15 is 0 Å². The third-order valence-corrected chi connectivity index (χ3v) is 2.63. The summed E-state index contributed by atoms with van der Waals surface area (Å²) in [6.45, 7) is 7.76. The van der Waals surface area contributed by atoms with E-state index in [1.165, 1.54) is 5.69 Å². The molecule has 0 bridgehead atoms.